The molecular formula is C30H40O3. The highest BCUT2D eigenvalue weighted by atomic mass is 16.5. The van der Waals surface area contributed by atoms with E-state index in [9.17, 15) is 9.90 Å². The zero-order valence-corrected chi connectivity index (χ0v) is 20.8. The number of ketones is 1. The van der Waals surface area contributed by atoms with Crippen molar-refractivity contribution in [3.05, 3.63) is 29.8 Å². The zero-order valence-electron chi connectivity index (χ0n) is 20.8. The van der Waals surface area contributed by atoms with Gasteiger partial charge in [0.1, 0.15) is 11.5 Å². The molecule has 4 aliphatic carbocycles. The molecule has 9 atom stereocenters. The number of ether oxygens (including phenoxy) is 1. The summed E-state index contributed by atoms with van der Waals surface area (Å²) in [6, 6.07) is 7.97. The second kappa shape index (κ2) is 7.88. The third-order valence-electron chi connectivity index (χ3n) is 11.2. The van der Waals surface area contributed by atoms with Crippen LogP contribution in [-0.2, 0) is 10.2 Å². The molecule has 0 spiro atoms. The van der Waals surface area contributed by atoms with Crippen LogP contribution in [0.2, 0.25) is 0 Å². The summed E-state index contributed by atoms with van der Waals surface area (Å²) in [6.07, 6.45) is 14.2. The van der Waals surface area contributed by atoms with Crippen LogP contribution < -0.4 is 4.74 Å². The van der Waals surface area contributed by atoms with E-state index in [0.717, 1.165) is 37.0 Å². The number of terminal acetylenes is 1. The molecule has 4 saturated carbocycles. The third-order valence-corrected chi connectivity index (χ3v) is 11.2. The van der Waals surface area contributed by atoms with Gasteiger partial charge in [0, 0.05) is 11.5 Å². The zero-order chi connectivity index (χ0) is 23.6. The number of carbonyl (C=O) groups excluding carboxylic acids is 1. The van der Waals surface area contributed by atoms with Crippen molar-refractivity contribution in [1.82, 2.24) is 0 Å². The monoisotopic (exact) mass is 448 g/mol. The van der Waals surface area contributed by atoms with E-state index < -0.39 is 11.5 Å². The summed E-state index contributed by atoms with van der Waals surface area (Å²) in [5, 5.41) is 11.7. The van der Waals surface area contributed by atoms with Gasteiger partial charge in [-0.2, -0.15) is 0 Å². The Bertz CT molecular complexity index is 977. The average Bonchev–Trinajstić information content (AvgIpc) is 3.16. The first kappa shape index (κ1) is 23.0. The van der Waals surface area contributed by atoms with Crippen molar-refractivity contribution in [2.24, 2.45) is 40.4 Å². The summed E-state index contributed by atoms with van der Waals surface area (Å²) < 4.78 is 5.67. The highest BCUT2D eigenvalue weighted by Gasteiger charge is 2.63. The van der Waals surface area contributed by atoms with Crippen LogP contribution in [0, 0.1) is 52.8 Å². The highest BCUT2D eigenvalue weighted by Crippen LogP contribution is 2.69. The van der Waals surface area contributed by atoms with Crippen molar-refractivity contribution < 1.29 is 14.6 Å². The normalized spacial score (nSPS) is 46.4. The second-order valence-electron chi connectivity index (χ2n) is 12.2. The van der Waals surface area contributed by atoms with E-state index in [-0.39, 0.29) is 16.7 Å². The predicted octanol–water partition coefficient (Wildman–Crippen LogP) is 5.78. The first-order chi connectivity index (χ1) is 15.7. The Morgan fingerprint density at radius 2 is 1.79 bits per heavy atom. The fraction of sp³-hybridized carbons (Fsp3) is 0.700. The van der Waals surface area contributed by atoms with Crippen LogP contribution in [0.4, 0.5) is 0 Å². The number of aliphatic hydroxyl groups excluding tert-OH is 1. The maximum absolute atomic E-state index is 12.4. The summed E-state index contributed by atoms with van der Waals surface area (Å²) in [5.41, 5.74) is 0.534. The van der Waals surface area contributed by atoms with Crippen LogP contribution >= 0.6 is 0 Å². The molecule has 1 N–H and O–H groups in total. The third kappa shape index (κ3) is 3.09. The lowest BCUT2D eigenvalue weighted by Gasteiger charge is -2.63. The predicted molar refractivity (Wildman–Crippen MR) is 131 cm³/mol. The maximum atomic E-state index is 12.4. The number of fused-ring (bicyclic) bond motifs is 5. The van der Waals surface area contributed by atoms with E-state index in [4.69, 9.17) is 11.2 Å². The fourth-order valence-electron chi connectivity index (χ4n) is 9.51. The lowest BCUT2D eigenvalue weighted by atomic mass is 9.42. The number of benzene rings is 1. The Labute approximate surface area is 199 Å². The van der Waals surface area contributed by atoms with Gasteiger partial charge < -0.3 is 9.84 Å². The number of hydrogen-bond acceptors (Lipinski definition) is 3. The molecule has 178 valence electrons. The Balaban J connectivity index is 1.47. The molecule has 4 fully saturated rings. The number of methoxy groups -OCH3 is 1. The fourth-order valence-corrected chi connectivity index (χ4v) is 9.51. The Hall–Kier alpha value is -1.79. The molecule has 1 aromatic carbocycles. The molecule has 4 aliphatic rings. The first-order valence-electron chi connectivity index (χ1n) is 13.0. The van der Waals surface area contributed by atoms with Crippen molar-refractivity contribution in [1.29, 1.82) is 0 Å². The quantitative estimate of drug-likeness (QED) is 0.596. The van der Waals surface area contributed by atoms with Crippen LogP contribution in [0.1, 0.15) is 77.7 Å². The second-order valence-corrected chi connectivity index (χ2v) is 12.2. The Morgan fingerprint density at radius 3 is 2.48 bits per heavy atom. The number of hydrogen-bond donors (Lipinski definition) is 1. The molecule has 33 heavy (non-hydrogen) atoms. The number of rotatable bonds is 3. The minimum Gasteiger partial charge on any atom is -0.496 e. The standard InChI is InChI=1S/C30H40O3/c1-6-30(25-9-7-8-10-26(25)33-5)17-20-11-12-21-23-14-13-22(19(2)31)28(23,3)16-15-24(21)29(20,4)18-27(30)32/h1,7-10,20-24,27,32H,11-18H2,2-5H3/t20?,21-,22+,23-,24-,27?,28+,29-,30-/m0/s1. The number of Topliss-reactive ketones (excluding diaryl/α,β-unsaturated/α-hetero) is 1. The number of carbonyl (C=O) groups is 1. The van der Waals surface area contributed by atoms with Gasteiger partial charge in [0.15, 0.2) is 0 Å². The molecule has 5 rings (SSSR count). The molecular weight excluding hydrogens is 408 g/mol. The largest absolute Gasteiger partial charge is 0.496 e. The summed E-state index contributed by atoms with van der Waals surface area (Å²) >= 11 is 0. The lowest BCUT2D eigenvalue weighted by Crippen LogP contribution is -2.59. The van der Waals surface area contributed by atoms with Crippen LogP contribution in [0.15, 0.2) is 24.3 Å². The minimum atomic E-state index is -0.695. The molecule has 0 aliphatic heterocycles. The van der Waals surface area contributed by atoms with Gasteiger partial charge in [0.25, 0.3) is 0 Å². The molecule has 0 amide bonds. The molecule has 0 radical (unpaired) electrons. The van der Waals surface area contributed by atoms with Crippen molar-refractivity contribution in [3.8, 4) is 18.1 Å². The van der Waals surface area contributed by atoms with Crippen molar-refractivity contribution in [2.45, 2.75) is 83.7 Å². The van der Waals surface area contributed by atoms with E-state index in [1.165, 1.54) is 25.7 Å². The number of para-hydroxylation sites is 1. The average molecular weight is 449 g/mol. The lowest BCUT2D eigenvalue weighted by molar-refractivity contribution is -0.148. The summed E-state index contributed by atoms with van der Waals surface area (Å²) in [4.78, 5) is 12.4. The van der Waals surface area contributed by atoms with E-state index in [1.54, 1.807) is 14.0 Å². The van der Waals surface area contributed by atoms with Gasteiger partial charge in [-0.15, -0.1) is 6.42 Å². The van der Waals surface area contributed by atoms with Gasteiger partial charge in [-0.1, -0.05) is 38.0 Å². The molecule has 0 bridgehead atoms. The molecule has 1 aromatic rings. The van der Waals surface area contributed by atoms with Gasteiger partial charge in [-0.25, -0.2) is 0 Å². The van der Waals surface area contributed by atoms with Crippen LogP contribution in [-0.4, -0.2) is 24.1 Å². The van der Waals surface area contributed by atoms with Gasteiger partial charge >= 0.3 is 0 Å². The van der Waals surface area contributed by atoms with Gasteiger partial charge in [0.05, 0.1) is 18.6 Å². The van der Waals surface area contributed by atoms with Gasteiger partial charge in [0.2, 0.25) is 0 Å². The van der Waals surface area contributed by atoms with E-state index in [2.05, 4.69) is 19.8 Å². The molecule has 0 saturated heterocycles. The Kier molecular flexibility index (Phi) is 5.48. The summed E-state index contributed by atoms with van der Waals surface area (Å²) in [5.74, 6) is 6.92. The molecule has 3 nitrogen and oxygen atoms in total. The van der Waals surface area contributed by atoms with Gasteiger partial charge in [-0.05, 0) is 98.9 Å². The molecule has 0 aromatic heterocycles. The van der Waals surface area contributed by atoms with Crippen molar-refractivity contribution in [3.63, 3.8) is 0 Å². The summed E-state index contributed by atoms with van der Waals surface area (Å²) in [7, 11) is 1.68. The maximum Gasteiger partial charge on any atom is 0.133 e. The highest BCUT2D eigenvalue weighted by molar-refractivity contribution is 5.79. The van der Waals surface area contributed by atoms with Crippen LogP contribution in [0.3, 0.4) is 0 Å². The topological polar surface area (TPSA) is 46.5 Å². The van der Waals surface area contributed by atoms with Crippen LogP contribution in [0.25, 0.3) is 0 Å². The molecule has 2 unspecified atom stereocenters. The van der Waals surface area contributed by atoms with E-state index in [1.807, 2.05) is 24.3 Å². The van der Waals surface area contributed by atoms with Crippen molar-refractivity contribution in [2.75, 3.05) is 7.11 Å². The first-order valence-corrected chi connectivity index (χ1v) is 13.0. The van der Waals surface area contributed by atoms with E-state index >= 15 is 0 Å². The number of aliphatic hydroxyl groups is 1. The van der Waals surface area contributed by atoms with Gasteiger partial charge in [-0.3, -0.25) is 4.79 Å². The summed E-state index contributed by atoms with van der Waals surface area (Å²) in [6.45, 7) is 6.65. The SMILES string of the molecule is C#C[C@@]1(c2ccccc2OC)CC2CC[C@H]3[C@@H]4CC[C@H](C(C)=O)[C@@]4(C)CC[C@@H]3[C@@]2(C)CC1O. The molecule has 0 heterocycles. The minimum absolute atomic E-state index is 0.0976. The van der Waals surface area contributed by atoms with E-state index in [0.29, 0.717) is 29.5 Å². The molecule has 3 heteroatoms. The van der Waals surface area contributed by atoms with Crippen molar-refractivity contribution >= 4 is 5.78 Å². The Morgan fingerprint density at radius 1 is 1.06 bits per heavy atom. The van der Waals surface area contributed by atoms with Crippen LogP contribution in [0.5, 0.6) is 5.75 Å². The smallest absolute Gasteiger partial charge is 0.133 e.